The summed E-state index contributed by atoms with van der Waals surface area (Å²) < 4.78 is 68.6. The lowest BCUT2D eigenvalue weighted by Gasteiger charge is -2.19. The number of fused-ring (bicyclic) bond motifs is 1. The van der Waals surface area contributed by atoms with E-state index in [4.69, 9.17) is 9.47 Å². The van der Waals surface area contributed by atoms with E-state index in [1.165, 1.54) is 38.5 Å². The van der Waals surface area contributed by atoms with Gasteiger partial charge in [0.1, 0.15) is 11.5 Å². The van der Waals surface area contributed by atoms with E-state index in [-0.39, 0.29) is 15.8 Å². The average molecular weight is 628 g/mol. The first-order valence-electron chi connectivity index (χ1n) is 13.5. The second kappa shape index (κ2) is 14.7. The van der Waals surface area contributed by atoms with Gasteiger partial charge in [0.2, 0.25) is 6.41 Å². The topological polar surface area (TPSA) is 140 Å². The molecule has 0 radical (unpaired) electrons. The summed E-state index contributed by atoms with van der Waals surface area (Å²) in [5.74, 6) is 1.09. The molecular formula is C31H37N3O7S2. The number of benzene rings is 4. The van der Waals surface area contributed by atoms with Crippen LogP contribution in [-0.4, -0.2) is 43.5 Å². The van der Waals surface area contributed by atoms with Crippen molar-refractivity contribution in [3.63, 3.8) is 0 Å². The zero-order valence-electron chi connectivity index (χ0n) is 24.7. The Kier molecular flexibility index (Phi) is 11.4. The van der Waals surface area contributed by atoms with Crippen LogP contribution in [0.2, 0.25) is 0 Å². The second-order valence-electron chi connectivity index (χ2n) is 9.76. The molecule has 1 amide bonds. The van der Waals surface area contributed by atoms with E-state index in [1.54, 1.807) is 54.6 Å². The van der Waals surface area contributed by atoms with Gasteiger partial charge in [-0.3, -0.25) is 14.2 Å². The van der Waals surface area contributed by atoms with Crippen LogP contribution in [0.15, 0.2) is 88.7 Å². The fraction of sp³-hybridized carbons (Fsp3) is 0.258. The Morgan fingerprint density at radius 3 is 1.65 bits per heavy atom. The number of methoxy groups -OCH3 is 2. The highest BCUT2D eigenvalue weighted by Crippen LogP contribution is 2.37. The smallest absolute Gasteiger partial charge is 0.261 e. The highest BCUT2D eigenvalue weighted by molar-refractivity contribution is 7.93. The van der Waals surface area contributed by atoms with Gasteiger partial charge in [0, 0.05) is 16.8 Å². The minimum Gasteiger partial charge on any atom is -0.497 e. The van der Waals surface area contributed by atoms with Crippen molar-refractivity contribution in [2.45, 2.75) is 49.4 Å². The summed E-state index contributed by atoms with van der Waals surface area (Å²) in [7, 11) is -4.82. The number of carbonyl (C=O) groups is 1. The second-order valence-corrected chi connectivity index (χ2v) is 13.1. The maximum Gasteiger partial charge on any atom is 0.261 e. The van der Waals surface area contributed by atoms with Crippen LogP contribution in [0.3, 0.4) is 0 Å². The number of hydrogen-bond donors (Lipinski definition) is 3. The standard InChI is InChI=1S/C27H28N2O6S2.C4H9NO/c1-4-7-19-18-26(28-36(30,31)22-14-10-20(34-2)11-15-22)24-8-5-6-9-25(24)27(19)29-37(32,33)23-16-12-21(35-3)13-17-23;1-4(2)5-3-6/h5-6,8-18,28-29H,4,7H2,1-3H3;3-4H,1-2H3,(H,5,6). The minimum absolute atomic E-state index is 0.0821. The molecule has 4 aromatic carbocycles. The van der Waals surface area contributed by atoms with E-state index in [2.05, 4.69) is 14.8 Å². The number of carbonyl (C=O) groups excluding carboxylic acids is 1. The van der Waals surface area contributed by atoms with E-state index in [1.807, 2.05) is 20.8 Å². The number of ether oxygens (including phenoxy) is 2. The molecule has 4 aromatic rings. The van der Waals surface area contributed by atoms with Gasteiger partial charge in [0.05, 0.1) is 35.4 Å². The lowest BCUT2D eigenvalue weighted by molar-refractivity contribution is -0.109. The summed E-state index contributed by atoms with van der Waals surface area (Å²) in [5, 5.41) is 3.67. The molecule has 0 aliphatic carbocycles. The SMILES string of the molecule is CC(C)NC=O.CCCc1cc(NS(=O)(=O)c2ccc(OC)cc2)c2ccccc2c1NS(=O)(=O)c1ccc(OC)cc1. The largest absolute Gasteiger partial charge is 0.497 e. The number of sulfonamides is 2. The Bertz CT molecular complexity index is 1740. The summed E-state index contributed by atoms with van der Waals surface area (Å²) in [6.45, 7) is 5.79. The molecule has 43 heavy (non-hydrogen) atoms. The monoisotopic (exact) mass is 627 g/mol. The number of hydrogen-bond acceptors (Lipinski definition) is 7. The van der Waals surface area contributed by atoms with Crippen molar-refractivity contribution in [2.24, 2.45) is 0 Å². The van der Waals surface area contributed by atoms with Crippen LogP contribution in [0.5, 0.6) is 11.5 Å². The molecule has 4 rings (SSSR count). The molecular weight excluding hydrogens is 590 g/mol. The lowest BCUT2D eigenvalue weighted by atomic mass is 10.00. The predicted molar refractivity (Wildman–Crippen MR) is 170 cm³/mol. The van der Waals surface area contributed by atoms with Crippen LogP contribution in [0.1, 0.15) is 32.8 Å². The lowest BCUT2D eigenvalue weighted by Crippen LogP contribution is -2.19. The van der Waals surface area contributed by atoms with Gasteiger partial charge < -0.3 is 14.8 Å². The van der Waals surface area contributed by atoms with Gasteiger partial charge in [0.15, 0.2) is 0 Å². The molecule has 0 spiro atoms. The van der Waals surface area contributed by atoms with E-state index < -0.39 is 20.0 Å². The third-order valence-corrected chi connectivity index (χ3v) is 9.01. The summed E-state index contributed by atoms with van der Waals surface area (Å²) in [5.41, 5.74) is 1.45. The average Bonchev–Trinajstić information content (AvgIpc) is 2.99. The molecule has 0 heterocycles. The Morgan fingerprint density at radius 2 is 1.23 bits per heavy atom. The van der Waals surface area contributed by atoms with Crippen molar-refractivity contribution < 1.29 is 31.1 Å². The third-order valence-electron chi connectivity index (χ3n) is 6.27. The fourth-order valence-corrected chi connectivity index (χ4v) is 6.34. The van der Waals surface area contributed by atoms with Gasteiger partial charge in [0.25, 0.3) is 20.0 Å². The van der Waals surface area contributed by atoms with Crippen LogP contribution in [0, 0.1) is 0 Å². The van der Waals surface area contributed by atoms with Crippen LogP contribution >= 0.6 is 0 Å². The predicted octanol–water partition coefficient (Wildman–Crippen LogP) is 5.55. The van der Waals surface area contributed by atoms with Crippen molar-refractivity contribution >= 4 is 48.6 Å². The van der Waals surface area contributed by atoms with Crippen LogP contribution in [-0.2, 0) is 31.3 Å². The Hall–Kier alpha value is -4.29. The highest BCUT2D eigenvalue weighted by atomic mass is 32.2. The Balaban J connectivity index is 0.000000765. The third kappa shape index (κ3) is 8.62. The molecule has 10 nitrogen and oxygen atoms in total. The molecule has 12 heteroatoms. The molecule has 0 saturated carbocycles. The van der Waals surface area contributed by atoms with Crippen molar-refractivity contribution in [3.05, 3.63) is 84.4 Å². The first-order valence-corrected chi connectivity index (χ1v) is 16.5. The van der Waals surface area contributed by atoms with Gasteiger partial charge in [-0.25, -0.2) is 16.8 Å². The maximum atomic E-state index is 13.3. The summed E-state index contributed by atoms with van der Waals surface area (Å²) >= 11 is 0. The maximum absolute atomic E-state index is 13.3. The first kappa shape index (κ1) is 33.2. The molecule has 0 bridgehead atoms. The van der Waals surface area contributed by atoms with Gasteiger partial charge >= 0.3 is 0 Å². The van der Waals surface area contributed by atoms with Gasteiger partial charge in [-0.2, -0.15) is 0 Å². The van der Waals surface area contributed by atoms with Crippen molar-refractivity contribution in [1.82, 2.24) is 5.32 Å². The Labute approximate surface area is 253 Å². The molecule has 0 aromatic heterocycles. The number of anilines is 2. The van der Waals surface area contributed by atoms with Crippen LogP contribution < -0.4 is 24.2 Å². The number of rotatable bonds is 12. The van der Waals surface area contributed by atoms with E-state index in [0.717, 1.165) is 6.42 Å². The summed E-state index contributed by atoms with van der Waals surface area (Å²) in [6, 6.07) is 21.2. The summed E-state index contributed by atoms with van der Waals surface area (Å²) in [6.07, 6.45) is 1.95. The molecule has 0 aliphatic heterocycles. The molecule has 0 saturated heterocycles. The first-order chi connectivity index (χ1) is 20.4. The van der Waals surface area contributed by atoms with Crippen LogP contribution in [0.25, 0.3) is 10.8 Å². The van der Waals surface area contributed by atoms with E-state index in [0.29, 0.717) is 52.0 Å². The molecule has 0 unspecified atom stereocenters. The normalized spacial score (nSPS) is 11.3. The van der Waals surface area contributed by atoms with Crippen molar-refractivity contribution in [2.75, 3.05) is 23.7 Å². The number of amides is 1. The van der Waals surface area contributed by atoms with Gasteiger partial charge in [-0.15, -0.1) is 0 Å². The highest BCUT2D eigenvalue weighted by Gasteiger charge is 2.22. The number of aryl methyl sites for hydroxylation is 1. The number of nitrogens with one attached hydrogen (secondary N) is 3. The Morgan fingerprint density at radius 1 is 0.744 bits per heavy atom. The van der Waals surface area contributed by atoms with E-state index >= 15 is 0 Å². The van der Waals surface area contributed by atoms with Crippen LogP contribution in [0.4, 0.5) is 11.4 Å². The fourth-order valence-electron chi connectivity index (χ4n) is 4.15. The molecule has 0 aliphatic rings. The van der Waals surface area contributed by atoms with Crippen molar-refractivity contribution in [3.8, 4) is 11.5 Å². The zero-order valence-corrected chi connectivity index (χ0v) is 26.4. The quantitative estimate of drug-likeness (QED) is 0.175. The molecule has 0 fully saturated rings. The minimum atomic E-state index is -3.92. The van der Waals surface area contributed by atoms with Gasteiger partial charge in [-0.1, -0.05) is 37.6 Å². The molecule has 0 atom stereocenters. The van der Waals surface area contributed by atoms with Gasteiger partial charge in [-0.05, 0) is 80.4 Å². The van der Waals surface area contributed by atoms with E-state index in [9.17, 15) is 21.6 Å². The zero-order chi connectivity index (χ0) is 31.6. The molecule has 3 N–H and O–H groups in total. The van der Waals surface area contributed by atoms with Crippen molar-refractivity contribution in [1.29, 1.82) is 0 Å². The molecule has 230 valence electrons. The summed E-state index contributed by atoms with van der Waals surface area (Å²) in [4.78, 5) is 9.67.